The van der Waals surface area contributed by atoms with Crippen molar-refractivity contribution in [3.05, 3.63) is 35.4 Å². The molecule has 0 unspecified atom stereocenters. The topological polar surface area (TPSA) is 19.9 Å². The zero-order valence-electron chi connectivity index (χ0n) is 7.55. The van der Waals surface area contributed by atoms with E-state index in [4.69, 9.17) is 0 Å². The molecule has 0 bridgehead atoms. The minimum atomic E-state index is -0.00439. The second-order valence-corrected chi connectivity index (χ2v) is 3.02. The molecule has 1 radical (unpaired) electrons. The fourth-order valence-electron chi connectivity index (χ4n) is 1.35. The Balaban J connectivity index is 2.67. The van der Waals surface area contributed by atoms with Crippen molar-refractivity contribution >= 4 is 0 Å². The van der Waals surface area contributed by atoms with E-state index in [0.29, 0.717) is 6.42 Å². The number of rotatable bonds is 4. The number of hydrogen-bond donors (Lipinski definition) is 0. The average molecular weight is 163 g/mol. The van der Waals surface area contributed by atoms with Crippen molar-refractivity contribution < 1.29 is 5.11 Å². The van der Waals surface area contributed by atoms with Crippen LogP contribution in [0.25, 0.3) is 0 Å². The van der Waals surface area contributed by atoms with E-state index in [1.54, 1.807) is 0 Å². The van der Waals surface area contributed by atoms with Crippen molar-refractivity contribution in [2.45, 2.75) is 26.2 Å². The first-order valence-corrected chi connectivity index (χ1v) is 4.52. The van der Waals surface area contributed by atoms with Crippen LogP contribution in [-0.2, 0) is 17.9 Å². The van der Waals surface area contributed by atoms with Crippen LogP contribution >= 0.6 is 0 Å². The standard InChI is InChI=1S/C11H15O/c1-2-4-10-5-3-6-11(9-10)7-8-12/h3,5-6,9H,2,4,7-8H2,1H3. The smallest absolute Gasteiger partial charge is 0.0862 e. The lowest BCUT2D eigenvalue weighted by molar-refractivity contribution is 0.197. The molecule has 1 aromatic carbocycles. The molecule has 0 spiro atoms. The Hall–Kier alpha value is -0.820. The van der Waals surface area contributed by atoms with Gasteiger partial charge in [-0.1, -0.05) is 37.6 Å². The summed E-state index contributed by atoms with van der Waals surface area (Å²) >= 11 is 0. The molecule has 1 rings (SSSR count). The van der Waals surface area contributed by atoms with Gasteiger partial charge in [0.25, 0.3) is 0 Å². The second kappa shape index (κ2) is 4.94. The Kier molecular flexibility index (Phi) is 3.81. The third kappa shape index (κ3) is 2.67. The highest BCUT2D eigenvalue weighted by molar-refractivity contribution is 5.23. The Labute approximate surface area is 74.1 Å². The maximum atomic E-state index is 10.4. The first kappa shape index (κ1) is 9.27. The van der Waals surface area contributed by atoms with Gasteiger partial charge in [0.05, 0.1) is 6.61 Å². The highest BCUT2D eigenvalue weighted by Gasteiger charge is 1.94. The largest absolute Gasteiger partial charge is 0.236 e. The van der Waals surface area contributed by atoms with Crippen molar-refractivity contribution in [1.82, 2.24) is 0 Å². The maximum Gasteiger partial charge on any atom is 0.0862 e. The maximum absolute atomic E-state index is 10.4. The van der Waals surface area contributed by atoms with Crippen LogP contribution in [0, 0.1) is 0 Å². The molecule has 65 valence electrons. The zero-order chi connectivity index (χ0) is 8.81. The molecule has 1 nitrogen and oxygen atoms in total. The van der Waals surface area contributed by atoms with Crippen molar-refractivity contribution in [2.24, 2.45) is 0 Å². The third-order valence-corrected chi connectivity index (χ3v) is 1.92. The Morgan fingerprint density at radius 1 is 1.17 bits per heavy atom. The van der Waals surface area contributed by atoms with Crippen LogP contribution in [0.2, 0.25) is 0 Å². The summed E-state index contributed by atoms with van der Waals surface area (Å²) in [4.78, 5) is 0. The Bertz CT molecular complexity index is 209. The van der Waals surface area contributed by atoms with E-state index in [9.17, 15) is 5.11 Å². The van der Waals surface area contributed by atoms with E-state index in [0.717, 1.165) is 6.42 Å². The number of benzene rings is 1. The summed E-state index contributed by atoms with van der Waals surface area (Å²) in [5.74, 6) is 0. The fourth-order valence-corrected chi connectivity index (χ4v) is 1.35. The van der Waals surface area contributed by atoms with E-state index in [1.807, 2.05) is 12.1 Å². The molecule has 0 amide bonds. The van der Waals surface area contributed by atoms with Gasteiger partial charge in [0.2, 0.25) is 0 Å². The monoisotopic (exact) mass is 163 g/mol. The molecular formula is C11H15O. The summed E-state index contributed by atoms with van der Waals surface area (Å²) in [5, 5.41) is 10.4. The summed E-state index contributed by atoms with van der Waals surface area (Å²) in [6.45, 7) is 2.16. The molecule has 0 fully saturated rings. The number of hydrogen-bond acceptors (Lipinski definition) is 0. The minimum absolute atomic E-state index is 0.00439. The molecule has 0 saturated heterocycles. The van der Waals surface area contributed by atoms with Crippen LogP contribution in [0.5, 0.6) is 0 Å². The van der Waals surface area contributed by atoms with Gasteiger partial charge >= 0.3 is 0 Å². The first-order valence-electron chi connectivity index (χ1n) is 4.52. The van der Waals surface area contributed by atoms with Crippen LogP contribution < -0.4 is 0 Å². The lowest BCUT2D eigenvalue weighted by Crippen LogP contribution is -1.91. The first-order chi connectivity index (χ1) is 5.86. The summed E-state index contributed by atoms with van der Waals surface area (Å²) in [6.07, 6.45) is 2.95. The molecule has 1 heteroatoms. The van der Waals surface area contributed by atoms with Crippen LogP contribution in [0.15, 0.2) is 24.3 Å². The predicted molar refractivity (Wildman–Crippen MR) is 49.7 cm³/mol. The predicted octanol–water partition coefficient (Wildman–Crippen LogP) is 2.61. The van der Waals surface area contributed by atoms with E-state index >= 15 is 0 Å². The van der Waals surface area contributed by atoms with Crippen molar-refractivity contribution in [3.63, 3.8) is 0 Å². The molecule has 0 aliphatic carbocycles. The summed E-state index contributed by atoms with van der Waals surface area (Å²) < 4.78 is 0. The van der Waals surface area contributed by atoms with Gasteiger partial charge < -0.3 is 0 Å². The van der Waals surface area contributed by atoms with E-state index in [-0.39, 0.29) is 6.61 Å². The Morgan fingerprint density at radius 2 is 1.83 bits per heavy atom. The van der Waals surface area contributed by atoms with E-state index in [1.165, 1.54) is 17.5 Å². The van der Waals surface area contributed by atoms with Crippen LogP contribution in [0.3, 0.4) is 0 Å². The number of aryl methyl sites for hydroxylation is 1. The third-order valence-electron chi connectivity index (χ3n) is 1.92. The molecule has 0 aliphatic heterocycles. The molecular weight excluding hydrogens is 148 g/mol. The molecule has 0 heterocycles. The zero-order valence-corrected chi connectivity index (χ0v) is 7.55. The van der Waals surface area contributed by atoms with Gasteiger partial charge in [-0.3, -0.25) is 0 Å². The highest BCUT2D eigenvalue weighted by atomic mass is 16.2. The quantitative estimate of drug-likeness (QED) is 0.650. The van der Waals surface area contributed by atoms with Crippen LogP contribution in [-0.4, -0.2) is 6.61 Å². The average Bonchev–Trinajstić information content (AvgIpc) is 2.06. The van der Waals surface area contributed by atoms with Crippen molar-refractivity contribution in [3.8, 4) is 0 Å². The van der Waals surface area contributed by atoms with Crippen molar-refractivity contribution in [1.29, 1.82) is 0 Å². The molecule has 0 aromatic heterocycles. The van der Waals surface area contributed by atoms with Crippen molar-refractivity contribution in [2.75, 3.05) is 6.61 Å². The normalized spacial score (nSPS) is 10.2. The SMILES string of the molecule is CCCc1cccc(CC[O])c1. The lowest BCUT2D eigenvalue weighted by atomic mass is 10.1. The van der Waals surface area contributed by atoms with Gasteiger partial charge in [0, 0.05) is 0 Å². The van der Waals surface area contributed by atoms with Crippen LogP contribution in [0.4, 0.5) is 0 Å². The fraction of sp³-hybridized carbons (Fsp3) is 0.455. The van der Waals surface area contributed by atoms with Gasteiger partial charge in [0.15, 0.2) is 0 Å². The van der Waals surface area contributed by atoms with E-state index in [2.05, 4.69) is 19.1 Å². The second-order valence-electron chi connectivity index (χ2n) is 3.02. The molecule has 0 N–H and O–H groups in total. The van der Waals surface area contributed by atoms with Gasteiger partial charge in [-0.15, -0.1) is 0 Å². The van der Waals surface area contributed by atoms with E-state index < -0.39 is 0 Å². The van der Waals surface area contributed by atoms with Gasteiger partial charge in [-0.25, -0.2) is 5.11 Å². The minimum Gasteiger partial charge on any atom is -0.236 e. The molecule has 0 saturated carbocycles. The summed E-state index contributed by atoms with van der Waals surface area (Å²) in [7, 11) is 0. The highest BCUT2D eigenvalue weighted by Crippen LogP contribution is 2.07. The summed E-state index contributed by atoms with van der Waals surface area (Å²) in [6, 6.07) is 8.33. The van der Waals surface area contributed by atoms with Crippen LogP contribution in [0.1, 0.15) is 24.5 Å². The Morgan fingerprint density at radius 3 is 2.42 bits per heavy atom. The molecule has 0 aliphatic rings. The molecule has 1 aromatic rings. The molecule has 0 atom stereocenters. The molecule has 12 heavy (non-hydrogen) atoms. The van der Waals surface area contributed by atoms with Gasteiger partial charge in [0.1, 0.15) is 0 Å². The summed E-state index contributed by atoms with van der Waals surface area (Å²) in [5.41, 5.74) is 2.53. The van der Waals surface area contributed by atoms with Gasteiger partial charge in [-0.05, 0) is 24.0 Å². The van der Waals surface area contributed by atoms with Gasteiger partial charge in [-0.2, -0.15) is 0 Å². The lowest BCUT2D eigenvalue weighted by Gasteiger charge is -2.01.